The van der Waals surface area contributed by atoms with Gasteiger partial charge < -0.3 is 24.3 Å². The first-order valence-electron chi connectivity index (χ1n) is 17.0. The average Bonchev–Trinajstić information content (AvgIpc) is 3.67. The molecule has 2 aromatic carbocycles. The minimum Gasteiger partial charge on any atom is -0.376 e. The fourth-order valence-electron chi connectivity index (χ4n) is 7.72. The summed E-state index contributed by atoms with van der Waals surface area (Å²) in [5.41, 5.74) is 2.36. The third-order valence-corrected chi connectivity index (χ3v) is 13.0. The monoisotopic (exact) mass is 730 g/mol. The van der Waals surface area contributed by atoms with E-state index in [1.165, 1.54) is 6.26 Å². The second-order valence-electron chi connectivity index (χ2n) is 13.9. The third-order valence-electron chi connectivity index (χ3n) is 10.6. The maximum absolute atomic E-state index is 14.0. The van der Waals surface area contributed by atoms with Gasteiger partial charge in [-0.25, -0.2) is 8.42 Å². The number of likely N-dealkylation sites (tertiary alicyclic amines) is 2. The van der Waals surface area contributed by atoms with Gasteiger partial charge in [-0.05, 0) is 81.8 Å². The van der Waals surface area contributed by atoms with Crippen LogP contribution in [0.2, 0.25) is 10.0 Å². The standard InChI is InChI=1S/C36H44Cl2N4O6S/c1-40-20-30(29-5-3-4-6-34(29)40)36(45)39-33-18-31(37)24(15-32(33)38)16-35(44)42-19-25(41-13-11-28(12-14-41)49(2,46)47)17-26(42)22-48-27-9-7-23(21-43)8-10-27/h3-6,15,18,20-21,23,25-28H,7-14,16-17,19,22H2,1-2H3,(H,39,45)/t23-,25-,26-,27-/m0/s1. The maximum Gasteiger partial charge on any atom is 0.257 e. The summed E-state index contributed by atoms with van der Waals surface area (Å²) in [7, 11) is -1.21. The summed E-state index contributed by atoms with van der Waals surface area (Å²) >= 11 is 13.4. The molecule has 2 saturated heterocycles. The fraction of sp³-hybridized carbons (Fsp3) is 0.528. The van der Waals surface area contributed by atoms with Gasteiger partial charge in [-0.2, -0.15) is 0 Å². The molecule has 10 nitrogen and oxygen atoms in total. The predicted octanol–water partition coefficient (Wildman–Crippen LogP) is 5.53. The van der Waals surface area contributed by atoms with Crippen molar-refractivity contribution in [1.82, 2.24) is 14.4 Å². The molecule has 3 fully saturated rings. The van der Waals surface area contributed by atoms with Gasteiger partial charge >= 0.3 is 0 Å². The Kier molecular flexibility index (Phi) is 11.1. The highest BCUT2D eigenvalue weighted by atomic mass is 35.5. The van der Waals surface area contributed by atoms with Gasteiger partial charge in [-0.3, -0.25) is 14.5 Å². The van der Waals surface area contributed by atoms with E-state index in [1.54, 1.807) is 18.3 Å². The fourth-order valence-corrected chi connectivity index (χ4v) is 9.25. The maximum atomic E-state index is 14.0. The number of ether oxygens (including phenoxy) is 1. The first-order valence-corrected chi connectivity index (χ1v) is 19.7. The molecule has 2 aliphatic heterocycles. The minimum atomic E-state index is -3.09. The van der Waals surface area contributed by atoms with Crippen molar-refractivity contribution < 1.29 is 27.5 Å². The van der Waals surface area contributed by atoms with Crippen LogP contribution in [-0.2, 0) is 37.6 Å². The Balaban J connectivity index is 1.14. The van der Waals surface area contributed by atoms with E-state index in [0.29, 0.717) is 60.9 Å². The van der Waals surface area contributed by atoms with Crippen LogP contribution >= 0.6 is 23.2 Å². The summed E-state index contributed by atoms with van der Waals surface area (Å²) in [6.07, 6.45) is 9.38. The van der Waals surface area contributed by atoms with Gasteiger partial charge in [-0.1, -0.05) is 41.4 Å². The summed E-state index contributed by atoms with van der Waals surface area (Å²) in [5, 5.41) is 3.98. The number of aromatic nitrogens is 1. The van der Waals surface area contributed by atoms with Gasteiger partial charge in [-0.15, -0.1) is 0 Å². The van der Waals surface area contributed by atoms with E-state index in [0.717, 1.165) is 49.3 Å². The number of halogens is 2. The summed E-state index contributed by atoms with van der Waals surface area (Å²) in [6.45, 7) is 2.24. The lowest BCUT2D eigenvalue weighted by Crippen LogP contribution is -2.46. The minimum absolute atomic E-state index is 0.0277. The molecule has 0 spiro atoms. The molecule has 0 unspecified atom stereocenters. The van der Waals surface area contributed by atoms with Gasteiger partial charge in [0.15, 0.2) is 0 Å². The van der Waals surface area contributed by atoms with Crippen LogP contribution < -0.4 is 5.32 Å². The number of nitrogens with zero attached hydrogens (tertiary/aromatic N) is 3. The van der Waals surface area contributed by atoms with Gasteiger partial charge in [0.05, 0.1) is 46.7 Å². The van der Waals surface area contributed by atoms with Crippen LogP contribution in [0, 0.1) is 5.92 Å². The van der Waals surface area contributed by atoms with Crippen LogP contribution in [0.25, 0.3) is 10.9 Å². The Labute approximate surface area is 298 Å². The molecule has 2 atom stereocenters. The van der Waals surface area contributed by atoms with Crippen molar-refractivity contribution >= 4 is 67.7 Å². The molecule has 0 bridgehead atoms. The number of carbonyl (C=O) groups excluding carboxylic acids is 3. The molecule has 3 aliphatic rings. The topological polar surface area (TPSA) is 118 Å². The largest absolute Gasteiger partial charge is 0.376 e. The number of nitrogens with one attached hydrogen (secondary N) is 1. The average molecular weight is 732 g/mol. The lowest BCUT2D eigenvalue weighted by atomic mass is 9.88. The third kappa shape index (κ3) is 8.17. The Hall–Kier alpha value is -2.96. The van der Waals surface area contributed by atoms with E-state index >= 15 is 0 Å². The lowest BCUT2D eigenvalue weighted by Gasteiger charge is -2.35. The number of aldehydes is 1. The second-order valence-corrected chi connectivity index (χ2v) is 17.0. The zero-order valence-electron chi connectivity index (χ0n) is 27.9. The first kappa shape index (κ1) is 35.9. The molecule has 2 amide bonds. The van der Waals surface area contributed by atoms with Gasteiger partial charge in [0.1, 0.15) is 16.1 Å². The van der Waals surface area contributed by atoms with Crippen LogP contribution in [-0.4, -0.2) is 96.8 Å². The number of aryl methyl sites for hydroxylation is 1. The zero-order valence-corrected chi connectivity index (χ0v) is 30.3. The van der Waals surface area contributed by atoms with Crippen molar-refractivity contribution in [1.29, 1.82) is 0 Å². The van der Waals surface area contributed by atoms with Crippen molar-refractivity contribution in [2.45, 2.75) is 74.8 Å². The van der Waals surface area contributed by atoms with E-state index in [2.05, 4.69) is 10.2 Å². The van der Waals surface area contributed by atoms with Crippen LogP contribution in [0.3, 0.4) is 0 Å². The molecule has 1 N–H and O–H groups in total. The number of rotatable bonds is 10. The molecule has 264 valence electrons. The van der Waals surface area contributed by atoms with Gasteiger partial charge in [0.25, 0.3) is 5.91 Å². The molecule has 1 aliphatic carbocycles. The summed E-state index contributed by atoms with van der Waals surface area (Å²) < 4.78 is 32.5. The number of para-hydroxylation sites is 1. The number of piperidine rings is 1. The summed E-state index contributed by atoms with van der Waals surface area (Å²) in [6, 6.07) is 10.8. The van der Waals surface area contributed by atoms with Crippen LogP contribution in [0.5, 0.6) is 0 Å². The smallest absolute Gasteiger partial charge is 0.257 e. The van der Waals surface area contributed by atoms with E-state index in [4.69, 9.17) is 27.9 Å². The second kappa shape index (κ2) is 15.1. The number of hydrogen-bond acceptors (Lipinski definition) is 7. The Bertz CT molecular complexity index is 1810. The van der Waals surface area contributed by atoms with Crippen LogP contribution in [0.4, 0.5) is 5.69 Å². The normalized spacial score (nSPS) is 24.0. The number of amides is 2. The number of hydrogen-bond donors (Lipinski definition) is 1. The number of sulfone groups is 1. The van der Waals surface area contributed by atoms with Crippen molar-refractivity contribution in [3.63, 3.8) is 0 Å². The Morgan fingerprint density at radius 1 is 1.02 bits per heavy atom. The van der Waals surface area contributed by atoms with E-state index in [1.807, 2.05) is 40.8 Å². The summed E-state index contributed by atoms with van der Waals surface area (Å²) in [4.78, 5) is 42.6. The van der Waals surface area contributed by atoms with Crippen molar-refractivity contribution in [3.8, 4) is 0 Å². The first-order chi connectivity index (χ1) is 23.4. The lowest BCUT2D eigenvalue weighted by molar-refractivity contribution is -0.133. The predicted molar refractivity (Wildman–Crippen MR) is 192 cm³/mol. The van der Waals surface area contributed by atoms with E-state index in [9.17, 15) is 22.8 Å². The van der Waals surface area contributed by atoms with E-state index < -0.39 is 9.84 Å². The van der Waals surface area contributed by atoms with Crippen molar-refractivity contribution in [3.05, 3.63) is 63.8 Å². The molecule has 49 heavy (non-hydrogen) atoms. The highest BCUT2D eigenvalue weighted by Gasteiger charge is 2.40. The molecular weight excluding hydrogens is 687 g/mol. The van der Waals surface area contributed by atoms with Crippen molar-refractivity contribution in [2.75, 3.05) is 37.8 Å². The number of fused-ring (bicyclic) bond motifs is 1. The van der Waals surface area contributed by atoms with Crippen LogP contribution in [0.15, 0.2) is 42.6 Å². The number of carbonyl (C=O) groups is 3. The molecule has 3 heterocycles. The van der Waals surface area contributed by atoms with Crippen LogP contribution in [0.1, 0.15) is 60.9 Å². The number of benzene rings is 2. The zero-order chi connectivity index (χ0) is 34.9. The molecule has 1 aromatic heterocycles. The molecule has 3 aromatic rings. The highest BCUT2D eigenvalue weighted by Crippen LogP contribution is 2.33. The van der Waals surface area contributed by atoms with E-state index in [-0.39, 0.29) is 52.6 Å². The number of anilines is 1. The molecule has 13 heteroatoms. The highest BCUT2D eigenvalue weighted by molar-refractivity contribution is 7.91. The SMILES string of the molecule is Cn1cc(C(=O)Nc2cc(Cl)c(CC(=O)N3C[C@@H](N4CCC(S(C)(=O)=O)CC4)C[C@H]3CO[C@H]3CC[C@H](C=O)CC3)cc2Cl)c2ccccc21. The molecule has 0 radical (unpaired) electrons. The van der Waals surface area contributed by atoms with Gasteiger partial charge in [0.2, 0.25) is 5.91 Å². The van der Waals surface area contributed by atoms with Gasteiger partial charge in [0, 0.05) is 53.9 Å². The molecule has 6 rings (SSSR count). The molecule has 1 saturated carbocycles. The Morgan fingerprint density at radius 2 is 1.73 bits per heavy atom. The molecular formula is C36H44Cl2N4O6S. The quantitative estimate of drug-likeness (QED) is 0.273. The van der Waals surface area contributed by atoms with Crippen molar-refractivity contribution in [2.24, 2.45) is 13.0 Å². The Morgan fingerprint density at radius 3 is 2.43 bits per heavy atom. The summed E-state index contributed by atoms with van der Waals surface area (Å²) in [5.74, 6) is -0.319.